The van der Waals surface area contributed by atoms with Crippen molar-refractivity contribution in [2.24, 2.45) is 0 Å². The molecule has 4 aromatic rings. The van der Waals surface area contributed by atoms with Gasteiger partial charge in [0.2, 0.25) is 5.95 Å². The molecule has 0 saturated carbocycles. The van der Waals surface area contributed by atoms with Gasteiger partial charge in [-0.3, -0.25) is 4.90 Å². The minimum absolute atomic E-state index is 0.293. The molecule has 0 spiro atoms. The first-order valence-corrected chi connectivity index (χ1v) is 10.6. The second-order valence-corrected chi connectivity index (χ2v) is 8.93. The molecule has 0 unspecified atom stereocenters. The number of carbonyl (C=O) groups excluding carboxylic acids is 1. The van der Waals surface area contributed by atoms with Gasteiger partial charge in [-0.25, -0.2) is 9.31 Å². The van der Waals surface area contributed by atoms with Gasteiger partial charge in [0.25, 0.3) is 0 Å². The fourth-order valence-electron chi connectivity index (χ4n) is 3.84. The Morgan fingerprint density at radius 3 is 2.53 bits per heavy atom. The van der Waals surface area contributed by atoms with E-state index >= 15 is 0 Å². The second kappa shape index (κ2) is 7.67. The number of nitrogens with zero attached hydrogens (tertiary/aromatic N) is 4. The van der Waals surface area contributed by atoms with E-state index in [0.29, 0.717) is 19.0 Å². The maximum absolute atomic E-state index is 12.4. The Morgan fingerprint density at radius 1 is 0.969 bits per heavy atom. The van der Waals surface area contributed by atoms with E-state index in [1.165, 1.54) is 0 Å². The van der Waals surface area contributed by atoms with Crippen LogP contribution in [0.4, 0.5) is 16.4 Å². The molecule has 0 radical (unpaired) electrons. The van der Waals surface area contributed by atoms with Gasteiger partial charge in [0.15, 0.2) is 5.65 Å². The summed E-state index contributed by atoms with van der Waals surface area (Å²) in [6, 6.07) is 22.1. The van der Waals surface area contributed by atoms with Crippen molar-refractivity contribution < 1.29 is 9.53 Å². The lowest BCUT2D eigenvalue weighted by atomic mass is 10.1. The number of anilines is 2. The predicted molar refractivity (Wildman–Crippen MR) is 124 cm³/mol. The lowest BCUT2D eigenvalue weighted by Gasteiger charge is -2.24. The zero-order valence-electron chi connectivity index (χ0n) is 18.4. The Balaban J connectivity index is 1.36. The molecule has 0 bridgehead atoms. The molecule has 1 aliphatic heterocycles. The molecule has 5 rings (SSSR count). The minimum Gasteiger partial charge on any atom is -0.444 e. The Hall–Kier alpha value is -3.87. The summed E-state index contributed by atoms with van der Waals surface area (Å²) in [6.07, 6.45) is -0.293. The number of benzene rings is 2. The number of carbonyl (C=O) groups is 1. The molecular weight excluding hydrogens is 402 g/mol. The lowest BCUT2D eigenvalue weighted by Crippen LogP contribution is -2.33. The highest BCUT2D eigenvalue weighted by Gasteiger charge is 2.27. The quantitative estimate of drug-likeness (QED) is 0.475. The summed E-state index contributed by atoms with van der Waals surface area (Å²) in [5.41, 5.74) is 5.41. The molecule has 162 valence electrons. The summed E-state index contributed by atoms with van der Waals surface area (Å²) >= 11 is 0. The summed E-state index contributed by atoms with van der Waals surface area (Å²) in [7, 11) is 0. The van der Waals surface area contributed by atoms with Crippen molar-refractivity contribution in [2.75, 3.05) is 5.32 Å². The molecule has 1 amide bonds. The summed E-state index contributed by atoms with van der Waals surface area (Å²) < 4.78 is 7.35. The molecular formula is C25H25N5O2. The molecule has 7 nitrogen and oxygen atoms in total. The summed E-state index contributed by atoms with van der Waals surface area (Å²) in [5, 5.41) is 7.98. The highest BCUT2D eigenvalue weighted by molar-refractivity contribution is 5.70. The van der Waals surface area contributed by atoms with Gasteiger partial charge in [0, 0.05) is 24.3 Å². The van der Waals surface area contributed by atoms with Crippen molar-refractivity contribution in [1.82, 2.24) is 19.5 Å². The Bertz CT molecular complexity index is 1290. The Morgan fingerprint density at radius 2 is 1.75 bits per heavy atom. The van der Waals surface area contributed by atoms with Crippen molar-refractivity contribution in [1.29, 1.82) is 0 Å². The number of nitrogens with one attached hydrogen (secondary N) is 1. The van der Waals surface area contributed by atoms with E-state index in [2.05, 4.69) is 27.5 Å². The van der Waals surface area contributed by atoms with Crippen LogP contribution in [0.15, 0.2) is 66.7 Å². The van der Waals surface area contributed by atoms with Crippen LogP contribution in [0.3, 0.4) is 0 Å². The number of hydrogen-bond acceptors (Lipinski definition) is 5. The molecule has 2 aromatic carbocycles. The normalized spacial score (nSPS) is 13.3. The average Bonchev–Trinajstić information content (AvgIpc) is 3.36. The standard InChI is InChI=1S/C25H25N5O2/c1-25(2,3)32-24(31)29-15-18-12-13-20(14-19(18)16-29)26-23-27-22-11-7-10-21(30(22)28-23)17-8-5-4-6-9-17/h4-14H,15-16H2,1-3H3,(H,26,28). The maximum Gasteiger partial charge on any atom is 0.410 e. The number of hydrogen-bond donors (Lipinski definition) is 1. The molecule has 1 N–H and O–H groups in total. The highest BCUT2D eigenvalue weighted by atomic mass is 16.6. The molecule has 0 aliphatic carbocycles. The van der Waals surface area contributed by atoms with Crippen LogP contribution in [0.2, 0.25) is 0 Å². The van der Waals surface area contributed by atoms with Crippen molar-refractivity contribution in [3.05, 3.63) is 77.9 Å². The SMILES string of the molecule is CC(C)(C)OC(=O)N1Cc2ccc(Nc3nc4cccc(-c5ccccc5)n4n3)cc2C1. The van der Waals surface area contributed by atoms with Crippen LogP contribution in [0.5, 0.6) is 0 Å². The second-order valence-electron chi connectivity index (χ2n) is 8.93. The third-order valence-electron chi connectivity index (χ3n) is 5.27. The molecule has 0 fully saturated rings. The van der Waals surface area contributed by atoms with Crippen LogP contribution in [0.1, 0.15) is 31.9 Å². The summed E-state index contributed by atoms with van der Waals surface area (Å²) in [6.45, 7) is 6.71. The monoisotopic (exact) mass is 427 g/mol. The van der Waals surface area contributed by atoms with E-state index in [4.69, 9.17) is 4.74 Å². The fraction of sp³-hybridized carbons (Fsp3) is 0.240. The number of pyridine rings is 1. The number of fused-ring (bicyclic) bond motifs is 2. The maximum atomic E-state index is 12.4. The number of ether oxygens (including phenoxy) is 1. The van der Waals surface area contributed by atoms with E-state index in [0.717, 1.165) is 33.7 Å². The van der Waals surface area contributed by atoms with Crippen LogP contribution >= 0.6 is 0 Å². The number of rotatable bonds is 3. The third kappa shape index (κ3) is 4.01. The smallest absolute Gasteiger partial charge is 0.410 e. The topological polar surface area (TPSA) is 71.8 Å². The molecule has 1 aliphatic rings. The van der Waals surface area contributed by atoms with Crippen molar-refractivity contribution in [3.8, 4) is 11.3 Å². The van der Waals surface area contributed by atoms with Crippen molar-refractivity contribution in [2.45, 2.75) is 39.5 Å². The minimum atomic E-state index is -0.508. The number of aromatic nitrogens is 3. The van der Waals surface area contributed by atoms with Gasteiger partial charge in [0.05, 0.1) is 5.69 Å². The molecule has 2 aromatic heterocycles. The van der Waals surface area contributed by atoms with Gasteiger partial charge < -0.3 is 10.1 Å². The Labute approximate surface area is 186 Å². The van der Waals surface area contributed by atoms with Gasteiger partial charge in [0.1, 0.15) is 5.60 Å². The van der Waals surface area contributed by atoms with Crippen LogP contribution in [0.25, 0.3) is 16.9 Å². The van der Waals surface area contributed by atoms with Crippen LogP contribution in [0, 0.1) is 0 Å². The van der Waals surface area contributed by atoms with Gasteiger partial charge in [-0.05, 0) is 56.2 Å². The van der Waals surface area contributed by atoms with Crippen LogP contribution < -0.4 is 5.32 Å². The first-order chi connectivity index (χ1) is 15.4. The van der Waals surface area contributed by atoms with Crippen LogP contribution in [-0.2, 0) is 17.8 Å². The zero-order valence-corrected chi connectivity index (χ0v) is 18.4. The average molecular weight is 428 g/mol. The fourth-order valence-corrected chi connectivity index (χ4v) is 3.84. The zero-order chi connectivity index (χ0) is 22.3. The van der Waals surface area contributed by atoms with E-state index in [1.54, 1.807) is 4.90 Å². The van der Waals surface area contributed by atoms with E-state index in [1.807, 2.05) is 79.9 Å². The molecule has 3 heterocycles. The first-order valence-electron chi connectivity index (χ1n) is 10.6. The van der Waals surface area contributed by atoms with Crippen LogP contribution in [-0.4, -0.2) is 31.2 Å². The number of amides is 1. The van der Waals surface area contributed by atoms with Crippen molar-refractivity contribution in [3.63, 3.8) is 0 Å². The van der Waals surface area contributed by atoms with Gasteiger partial charge in [-0.15, -0.1) is 5.10 Å². The summed E-state index contributed by atoms with van der Waals surface area (Å²) in [5.74, 6) is 0.523. The largest absolute Gasteiger partial charge is 0.444 e. The van der Waals surface area contributed by atoms with E-state index < -0.39 is 5.60 Å². The van der Waals surface area contributed by atoms with Gasteiger partial charge in [-0.1, -0.05) is 42.5 Å². The highest BCUT2D eigenvalue weighted by Crippen LogP contribution is 2.28. The molecule has 32 heavy (non-hydrogen) atoms. The third-order valence-corrected chi connectivity index (χ3v) is 5.27. The van der Waals surface area contributed by atoms with E-state index in [-0.39, 0.29) is 6.09 Å². The van der Waals surface area contributed by atoms with E-state index in [9.17, 15) is 4.79 Å². The molecule has 7 heteroatoms. The Kier molecular flexibility index (Phi) is 4.81. The molecule has 0 saturated heterocycles. The first kappa shape index (κ1) is 20.1. The molecule has 0 atom stereocenters. The lowest BCUT2D eigenvalue weighted by molar-refractivity contribution is 0.0242. The van der Waals surface area contributed by atoms with Gasteiger partial charge >= 0.3 is 6.09 Å². The predicted octanol–water partition coefficient (Wildman–Crippen LogP) is 5.39. The van der Waals surface area contributed by atoms with Crippen molar-refractivity contribution >= 4 is 23.4 Å². The summed E-state index contributed by atoms with van der Waals surface area (Å²) in [4.78, 5) is 18.8. The van der Waals surface area contributed by atoms with Gasteiger partial charge in [-0.2, -0.15) is 4.98 Å².